The molecule has 0 amide bonds. The van der Waals surface area contributed by atoms with Crippen LogP contribution < -0.4 is 28.7 Å². The van der Waals surface area contributed by atoms with Gasteiger partial charge in [0.05, 0.1) is 32.2 Å². The molecule has 18 heteroatoms. The van der Waals surface area contributed by atoms with Crippen LogP contribution in [0.3, 0.4) is 0 Å². The standard InChI is InChI=1S/2C23H30N2O5S2/c2*1-4-6-12-23(5-2)16-25(17-10-8-7-9-11-17)18-13-20(31-3)19(30-15-22(26)27)14-21(18)32(28,29)24-23/h2*7-11,13-14,24H,4-6,12,15-16H2,1-3H3,(H,26,27)/t2*23-/m10/s1. The number of carboxylic acids is 2. The Bertz CT molecular complexity index is 2290. The van der Waals surface area contributed by atoms with Gasteiger partial charge in [-0.3, -0.25) is 0 Å². The van der Waals surface area contributed by atoms with E-state index in [-0.39, 0.29) is 21.3 Å². The summed E-state index contributed by atoms with van der Waals surface area (Å²) in [7, 11) is -7.77. The summed E-state index contributed by atoms with van der Waals surface area (Å²) in [6.07, 6.45) is 10.1. The molecule has 0 saturated carbocycles. The van der Waals surface area contributed by atoms with Gasteiger partial charge < -0.3 is 29.5 Å². The molecule has 6 rings (SSSR count). The molecule has 348 valence electrons. The largest absolute Gasteiger partial charge is 0.481 e. The number of unbranched alkanes of at least 4 members (excludes halogenated alkanes) is 2. The third-order valence-electron chi connectivity index (χ3n) is 11.5. The lowest BCUT2D eigenvalue weighted by Gasteiger charge is -2.36. The number of fused-ring (bicyclic) bond motifs is 2. The normalized spacial score (nSPS) is 19.8. The first-order valence-corrected chi connectivity index (χ1v) is 26.8. The Morgan fingerprint density at radius 1 is 0.625 bits per heavy atom. The maximum absolute atomic E-state index is 13.6. The number of sulfonamides is 2. The maximum atomic E-state index is 13.6. The molecule has 4 aromatic rings. The zero-order chi connectivity index (χ0) is 46.7. The van der Waals surface area contributed by atoms with E-state index in [2.05, 4.69) is 23.3 Å². The summed E-state index contributed by atoms with van der Waals surface area (Å²) in [4.78, 5) is 27.7. The van der Waals surface area contributed by atoms with E-state index in [9.17, 15) is 26.4 Å². The molecule has 0 unspecified atom stereocenters. The Morgan fingerprint density at radius 2 is 0.984 bits per heavy atom. The van der Waals surface area contributed by atoms with Crippen molar-refractivity contribution in [3.63, 3.8) is 0 Å². The lowest BCUT2D eigenvalue weighted by Crippen LogP contribution is -2.52. The molecule has 2 aliphatic rings. The first-order chi connectivity index (χ1) is 30.5. The van der Waals surface area contributed by atoms with Gasteiger partial charge in [0.25, 0.3) is 0 Å². The second-order valence-corrected chi connectivity index (χ2v) is 20.8. The molecule has 0 saturated heterocycles. The van der Waals surface area contributed by atoms with Crippen molar-refractivity contribution in [3.8, 4) is 11.5 Å². The quantitative estimate of drug-likeness (QED) is 0.0690. The van der Waals surface area contributed by atoms with Crippen LogP contribution in [0.2, 0.25) is 0 Å². The van der Waals surface area contributed by atoms with Gasteiger partial charge in [-0.1, -0.05) is 89.8 Å². The fourth-order valence-corrected chi connectivity index (χ4v) is 12.4. The third kappa shape index (κ3) is 12.1. The summed E-state index contributed by atoms with van der Waals surface area (Å²) in [5.74, 6) is -1.75. The summed E-state index contributed by atoms with van der Waals surface area (Å²) in [5.41, 5.74) is 1.64. The number of hydrogen-bond acceptors (Lipinski definition) is 12. The maximum Gasteiger partial charge on any atom is 0.341 e. The second-order valence-electron chi connectivity index (χ2n) is 15.8. The smallest absolute Gasteiger partial charge is 0.341 e. The van der Waals surface area contributed by atoms with E-state index in [4.69, 9.17) is 19.7 Å². The van der Waals surface area contributed by atoms with Gasteiger partial charge in [0, 0.05) is 36.6 Å². The number of thioether (sulfide) groups is 2. The zero-order valence-corrected chi connectivity index (χ0v) is 40.5. The van der Waals surface area contributed by atoms with Crippen LogP contribution in [-0.2, 0) is 29.6 Å². The Kier molecular flexibility index (Phi) is 17.5. The number of ether oxygens (including phenoxy) is 2. The molecule has 0 radical (unpaired) electrons. The van der Waals surface area contributed by atoms with Crippen molar-refractivity contribution in [3.05, 3.63) is 84.9 Å². The molecule has 4 aromatic carbocycles. The van der Waals surface area contributed by atoms with Crippen molar-refractivity contribution < 1.29 is 46.1 Å². The van der Waals surface area contributed by atoms with Crippen molar-refractivity contribution in [1.82, 2.24) is 9.44 Å². The third-order valence-corrected chi connectivity index (χ3v) is 16.2. The topological polar surface area (TPSA) is 192 Å². The van der Waals surface area contributed by atoms with Crippen LogP contribution in [0.4, 0.5) is 22.7 Å². The molecular formula is C46H60N4O10S4. The van der Waals surface area contributed by atoms with Crippen LogP contribution in [0.5, 0.6) is 11.5 Å². The SMILES string of the molecule is CCCC[C@@]1(CC)CN(c2ccccc2)c2cc(SC)c(OCC(=O)O)cc2S(=O)(=O)N1.CCCC[C@]1(CC)CN(c2ccccc2)c2cc(SC)c(OCC(=O)O)cc2S(=O)(=O)N1. The molecule has 2 aliphatic heterocycles. The van der Waals surface area contributed by atoms with Crippen LogP contribution in [0, 0.1) is 0 Å². The highest BCUT2D eigenvalue weighted by Crippen LogP contribution is 2.45. The molecule has 4 N–H and O–H groups in total. The van der Waals surface area contributed by atoms with E-state index < -0.39 is 56.3 Å². The van der Waals surface area contributed by atoms with Gasteiger partial charge in [0.2, 0.25) is 20.0 Å². The van der Waals surface area contributed by atoms with Crippen LogP contribution in [-0.4, -0.2) is 88.9 Å². The number of anilines is 4. The Balaban J connectivity index is 0.000000241. The van der Waals surface area contributed by atoms with Crippen LogP contribution in [0.1, 0.15) is 79.1 Å². The van der Waals surface area contributed by atoms with Gasteiger partial charge in [-0.25, -0.2) is 35.9 Å². The first-order valence-electron chi connectivity index (χ1n) is 21.4. The van der Waals surface area contributed by atoms with E-state index in [0.717, 1.165) is 37.1 Å². The van der Waals surface area contributed by atoms with Gasteiger partial charge in [0.1, 0.15) is 21.3 Å². The minimum Gasteiger partial charge on any atom is -0.481 e. The fraction of sp³-hybridized carbons (Fsp3) is 0.435. The minimum absolute atomic E-state index is 0.0892. The van der Waals surface area contributed by atoms with Crippen molar-refractivity contribution in [2.24, 2.45) is 0 Å². The predicted octanol–water partition coefficient (Wildman–Crippen LogP) is 9.28. The average molecular weight is 957 g/mol. The number of carboxylic acid groups (broad SMARTS) is 2. The summed E-state index contributed by atoms with van der Waals surface area (Å²) < 4.78 is 71.2. The van der Waals surface area contributed by atoms with Gasteiger partial charge in [-0.15, -0.1) is 23.5 Å². The van der Waals surface area contributed by atoms with E-state index in [0.29, 0.717) is 59.9 Å². The number of aliphatic carboxylic acids is 2. The van der Waals surface area contributed by atoms with E-state index in [1.165, 1.54) is 35.7 Å². The number of nitrogens with one attached hydrogen (secondary N) is 2. The monoisotopic (exact) mass is 956 g/mol. The lowest BCUT2D eigenvalue weighted by atomic mass is 9.89. The van der Waals surface area contributed by atoms with Gasteiger partial charge in [-0.05, 0) is 74.6 Å². The van der Waals surface area contributed by atoms with Crippen molar-refractivity contribution in [1.29, 1.82) is 0 Å². The molecule has 0 aromatic heterocycles. The van der Waals surface area contributed by atoms with Crippen molar-refractivity contribution in [2.75, 3.05) is 48.6 Å². The number of nitrogens with zero attached hydrogens (tertiary/aromatic N) is 2. The number of hydrogen-bond donors (Lipinski definition) is 4. The summed E-state index contributed by atoms with van der Waals surface area (Å²) in [5, 5.41) is 18.1. The molecule has 0 fully saturated rings. The number of para-hydroxylation sites is 2. The number of rotatable bonds is 18. The van der Waals surface area contributed by atoms with E-state index >= 15 is 0 Å². The predicted molar refractivity (Wildman–Crippen MR) is 255 cm³/mol. The zero-order valence-electron chi connectivity index (χ0n) is 37.3. The van der Waals surface area contributed by atoms with Gasteiger partial charge in [0.15, 0.2) is 13.2 Å². The highest BCUT2D eigenvalue weighted by atomic mass is 32.2. The highest BCUT2D eigenvalue weighted by Gasteiger charge is 2.43. The van der Waals surface area contributed by atoms with Crippen LogP contribution in [0.15, 0.2) is 105 Å². The molecular weight excluding hydrogens is 897 g/mol. The second kappa shape index (κ2) is 22.2. The van der Waals surface area contributed by atoms with Crippen LogP contribution >= 0.6 is 23.5 Å². The molecule has 0 bridgehead atoms. The first kappa shape index (κ1) is 50.5. The average Bonchev–Trinajstić information content (AvgIpc) is 3.45. The number of benzene rings is 4. The van der Waals surface area contributed by atoms with Gasteiger partial charge >= 0.3 is 11.9 Å². The summed E-state index contributed by atoms with van der Waals surface area (Å²) in [6, 6.07) is 25.9. The van der Waals surface area contributed by atoms with E-state index in [1.807, 2.05) is 96.8 Å². The Labute approximate surface area is 386 Å². The molecule has 0 spiro atoms. The van der Waals surface area contributed by atoms with E-state index in [1.54, 1.807) is 12.1 Å². The molecule has 2 atom stereocenters. The Morgan fingerprint density at radius 3 is 1.28 bits per heavy atom. The van der Waals surface area contributed by atoms with Gasteiger partial charge in [-0.2, -0.15) is 0 Å². The Hall–Kier alpha value is -4.46. The molecule has 64 heavy (non-hydrogen) atoms. The van der Waals surface area contributed by atoms with Crippen molar-refractivity contribution in [2.45, 2.75) is 110 Å². The molecule has 14 nitrogen and oxygen atoms in total. The summed E-state index contributed by atoms with van der Waals surface area (Å²) >= 11 is 2.77. The molecule has 2 heterocycles. The van der Waals surface area contributed by atoms with Crippen molar-refractivity contribution >= 4 is 78.3 Å². The minimum atomic E-state index is -3.88. The highest BCUT2D eigenvalue weighted by molar-refractivity contribution is 7.99. The van der Waals surface area contributed by atoms with Crippen LogP contribution in [0.25, 0.3) is 0 Å². The number of carbonyl (C=O) groups is 2. The summed E-state index contributed by atoms with van der Waals surface area (Å²) in [6.45, 7) is 8.09. The lowest BCUT2D eigenvalue weighted by molar-refractivity contribution is -0.140. The molecule has 0 aliphatic carbocycles. The fourth-order valence-electron chi connectivity index (χ4n) is 7.95.